The molecule has 1 N–H and O–H groups in total. The molecule has 0 heterocycles. The Kier molecular flexibility index (Phi) is 7.80. The summed E-state index contributed by atoms with van der Waals surface area (Å²) in [5.74, 6) is -1.17. The van der Waals surface area contributed by atoms with Gasteiger partial charge in [0.2, 0.25) is 5.91 Å². The Morgan fingerprint density at radius 3 is 2.23 bits per heavy atom. The number of anilines is 2. The lowest BCUT2D eigenvalue weighted by atomic mass is 9.98. The minimum atomic E-state index is -0.402. The minimum absolute atomic E-state index is 0.172. The Morgan fingerprint density at radius 1 is 0.771 bits per heavy atom. The van der Waals surface area contributed by atoms with Gasteiger partial charge in [-0.25, -0.2) is 4.39 Å². The van der Waals surface area contributed by atoms with E-state index in [1.807, 2.05) is 6.07 Å². The molecule has 176 valence electrons. The van der Waals surface area contributed by atoms with Crippen LogP contribution in [0.3, 0.4) is 0 Å². The van der Waals surface area contributed by atoms with Gasteiger partial charge in [-0.2, -0.15) is 0 Å². The fraction of sp³-hybridized carbons (Fsp3) is 0.0714. The van der Waals surface area contributed by atoms with Gasteiger partial charge in [0.25, 0.3) is 5.91 Å². The minimum Gasteiger partial charge on any atom is -0.324 e. The largest absolute Gasteiger partial charge is 0.324 e. The zero-order valence-electron chi connectivity index (χ0n) is 18.5. The predicted octanol–water partition coefficient (Wildman–Crippen LogP) is 7.01. The maximum atomic E-state index is 14.3. The van der Waals surface area contributed by atoms with Gasteiger partial charge in [-0.3, -0.25) is 14.5 Å². The highest BCUT2D eigenvalue weighted by Gasteiger charge is 2.24. The van der Waals surface area contributed by atoms with Crippen molar-refractivity contribution in [3.63, 3.8) is 0 Å². The highest BCUT2D eigenvalue weighted by molar-refractivity contribution is 6.31. The average Bonchev–Trinajstić information content (AvgIpc) is 2.84. The first-order chi connectivity index (χ1) is 16.9. The molecule has 0 aromatic heterocycles. The normalized spacial score (nSPS) is 10.6. The number of hydrogen-bond acceptors (Lipinski definition) is 2. The second-order valence-electron chi connectivity index (χ2n) is 7.86. The molecule has 7 heteroatoms. The summed E-state index contributed by atoms with van der Waals surface area (Å²) in [4.78, 5) is 28.1. The molecule has 0 aliphatic heterocycles. The summed E-state index contributed by atoms with van der Waals surface area (Å²) in [6.45, 7) is -0.239. The molecule has 2 amide bonds. The van der Waals surface area contributed by atoms with Gasteiger partial charge >= 0.3 is 0 Å². The fourth-order valence-electron chi connectivity index (χ4n) is 3.71. The van der Waals surface area contributed by atoms with Crippen LogP contribution in [0.4, 0.5) is 15.8 Å². The summed E-state index contributed by atoms with van der Waals surface area (Å²) in [5, 5.41) is 3.68. The average molecular weight is 507 g/mol. The van der Waals surface area contributed by atoms with Crippen molar-refractivity contribution in [1.82, 2.24) is 0 Å². The molecule has 4 nitrogen and oxygen atoms in total. The third-order valence-electron chi connectivity index (χ3n) is 5.36. The van der Waals surface area contributed by atoms with Gasteiger partial charge in [0.05, 0.1) is 0 Å². The van der Waals surface area contributed by atoms with Crippen LogP contribution in [0.25, 0.3) is 0 Å². The fourth-order valence-corrected chi connectivity index (χ4v) is 4.09. The topological polar surface area (TPSA) is 49.4 Å². The number of carbonyl (C=O) groups is 2. The highest BCUT2D eigenvalue weighted by Crippen LogP contribution is 2.25. The van der Waals surface area contributed by atoms with E-state index in [1.54, 1.807) is 84.9 Å². The number of carbonyl (C=O) groups excluding carboxylic acids is 2. The molecule has 0 aliphatic rings. The van der Waals surface area contributed by atoms with Gasteiger partial charge in [0.15, 0.2) is 0 Å². The second kappa shape index (κ2) is 11.2. The maximum Gasteiger partial charge on any atom is 0.259 e. The zero-order valence-corrected chi connectivity index (χ0v) is 20.1. The lowest BCUT2D eigenvalue weighted by Gasteiger charge is -2.24. The Balaban J connectivity index is 1.66. The summed E-state index contributed by atoms with van der Waals surface area (Å²) in [6.07, 6.45) is 0.172. The molecule has 0 unspecified atom stereocenters. The van der Waals surface area contributed by atoms with Gasteiger partial charge in [-0.15, -0.1) is 0 Å². The third-order valence-corrected chi connectivity index (χ3v) is 5.83. The summed E-state index contributed by atoms with van der Waals surface area (Å²) in [6, 6.07) is 26.9. The zero-order chi connectivity index (χ0) is 24.8. The lowest BCUT2D eigenvalue weighted by Crippen LogP contribution is -2.38. The van der Waals surface area contributed by atoms with Crippen LogP contribution in [0.2, 0.25) is 10.0 Å². The highest BCUT2D eigenvalue weighted by atomic mass is 35.5. The van der Waals surface area contributed by atoms with E-state index < -0.39 is 11.8 Å². The number of para-hydroxylation sites is 1. The first kappa shape index (κ1) is 24.5. The summed E-state index contributed by atoms with van der Waals surface area (Å²) in [5.41, 5.74) is 2.40. The lowest BCUT2D eigenvalue weighted by molar-refractivity contribution is -0.114. The number of benzene rings is 4. The molecule has 0 saturated carbocycles. The summed E-state index contributed by atoms with van der Waals surface area (Å²) >= 11 is 12.2. The van der Waals surface area contributed by atoms with Gasteiger partial charge in [0.1, 0.15) is 12.4 Å². The number of halogens is 3. The third kappa shape index (κ3) is 6.27. The van der Waals surface area contributed by atoms with E-state index in [4.69, 9.17) is 23.2 Å². The predicted molar refractivity (Wildman–Crippen MR) is 139 cm³/mol. The van der Waals surface area contributed by atoms with Crippen LogP contribution in [0.15, 0.2) is 97.1 Å². The van der Waals surface area contributed by atoms with E-state index in [9.17, 15) is 14.0 Å². The number of hydrogen-bond donors (Lipinski definition) is 1. The Bertz CT molecular complexity index is 1360. The standard InChI is InChI=1S/C28H21Cl2FN2O2/c29-21-8-6-9-23(17-21)32-27(34)18-33(24-10-2-1-3-11-24)28(35)25-14-13-22(30)16-20(25)15-19-7-4-5-12-26(19)31/h1-14,16-17H,15,18H2,(H,32,34). The molecule has 0 aliphatic carbocycles. The maximum absolute atomic E-state index is 14.3. The van der Waals surface area contributed by atoms with Crippen molar-refractivity contribution >= 4 is 46.4 Å². The van der Waals surface area contributed by atoms with Gasteiger partial charge < -0.3 is 5.32 Å². The SMILES string of the molecule is O=C(CN(C(=O)c1ccc(Cl)cc1Cc1ccccc1F)c1ccccc1)Nc1cccc(Cl)c1. The van der Waals surface area contributed by atoms with Crippen LogP contribution in [-0.2, 0) is 11.2 Å². The van der Waals surface area contributed by atoms with Crippen LogP contribution in [0, 0.1) is 5.82 Å². The molecule has 0 atom stereocenters. The van der Waals surface area contributed by atoms with Gasteiger partial charge in [0, 0.05) is 33.4 Å². The number of nitrogens with zero attached hydrogens (tertiary/aromatic N) is 1. The number of rotatable bonds is 7. The van der Waals surface area contributed by atoms with Crippen molar-refractivity contribution in [3.05, 3.63) is 130 Å². The van der Waals surface area contributed by atoms with Crippen molar-refractivity contribution in [2.75, 3.05) is 16.8 Å². The molecule has 0 radical (unpaired) electrons. The van der Waals surface area contributed by atoms with Crippen LogP contribution >= 0.6 is 23.2 Å². The summed E-state index contributed by atoms with van der Waals surface area (Å²) in [7, 11) is 0. The number of amides is 2. The van der Waals surface area contributed by atoms with Crippen molar-refractivity contribution in [1.29, 1.82) is 0 Å². The van der Waals surface area contributed by atoms with Crippen LogP contribution < -0.4 is 10.2 Å². The van der Waals surface area contributed by atoms with E-state index in [2.05, 4.69) is 5.32 Å². The van der Waals surface area contributed by atoms with E-state index in [0.717, 1.165) is 0 Å². The Labute approximate surface area is 212 Å². The Morgan fingerprint density at radius 2 is 1.49 bits per heavy atom. The van der Waals surface area contributed by atoms with E-state index >= 15 is 0 Å². The molecule has 0 spiro atoms. The van der Waals surface area contributed by atoms with Crippen LogP contribution in [0.1, 0.15) is 21.5 Å². The molecule has 4 aromatic rings. The van der Waals surface area contributed by atoms with Crippen LogP contribution in [0.5, 0.6) is 0 Å². The second-order valence-corrected chi connectivity index (χ2v) is 8.73. The summed E-state index contributed by atoms with van der Waals surface area (Å²) < 4.78 is 14.3. The molecule has 0 fully saturated rings. The molecular weight excluding hydrogens is 486 g/mol. The van der Waals surface area contributed by atoms with Crippen molar-refractivity contribution in [3.8, 4) is 0 Å². The monoisotopic (exact) mass is 506 g/mol. The molecule has 0 bridgehead atoms. The van der Waals surface area contributed by atoms with E-state index in [-0.39, 0.29) is 18.8 Å². The molecular formula is C28H21Cl2FN2O2. The van der Waals surface area contributed by atoms with E-state index in [1.165, 1.54) is 11.0 Å². The smallest absolute Gasteiger partial charge is 0.259 e. The molecule has 4 aromatic carbocycles. The Hall–Kier alpha value is -3.67. The van der Waals surface area contributed by atoms with Crippen molar-refractivity contribution < 1.29 is 14.0 Å². The number of nitrogens with one attached hydrogen (secondary N) is 1. The van der Waals surface area contributed by atoms with Gasteiger partial charge in [-0.05, 0) is 65.7 Å². The van der Waals surface area contributed by atoms with Crippen molar-refractivity contribution in [2.45, 2.75) is 6.42 Å². The van der Waals surface area contributed by atoms with Gasteiger partial charge in [-0.1, -0.05) is 65.7 Å². The quantitative estimate of drug-likeness (QED) is 0.293. The molecule has 0 saturated heterocycles. The van der Waals surface area contributed by atoms with Crippen molar-refractivity contribution in [2.24, 2.45) is 0 Å². The first-order valence-corrected chi connectivity index (χ1v) is 11.6. The first-order valence-electron chi connectivity index (χ1n) is 10.8. The molecule has 4 rings (SSSR count). The van der Waals surface area contributed by atoms with E-state index in [0.29, 0.717) is 38.1 Å². The molecule has 35 heavy (non-hydrogen) atoms. The van der Waals surface area contributed by atoms with Crippen LogP contribution in [-0.4, -0.2) is 18.4 Å².